The van der Waals surface area contributed by atoms with Gasteiger partial charge in [-0.2, -0.15) is 0 Å². The van der Waals surface area contributed by atoms with E-state index in [-0.39, 0.29) is 12.1 Å². The second-order valence-electron chi connectivity index (χ2n) is 9.39. The molecule has 1 fully saturated rings. The molecule has 2 N–H and O–H groups in total. The molecule has 1 heterocycles. The Morgan fingerprint density at radius 1 is 0.815 bits per heavy atom. The molecule has 1 saturated heterocycles. The highest BCUT2D eigenvalue weighted by Gasteiger charge is 2.39. The molecule has 160 valence electrons. The van der Waals surface area contributed by atoms with E-state index in [1.807, 2.05) is 0 Å². The maximum atomic E-state index is 11.0. The third kappa shape index (κ3) is 8.01. The van der Waals surface area contributed by atoms with Gasteiger partial charge >= 0.3 is 6.03 Å². The quantitative estimate of drug-likeness (QED) is 0.375. The first-order chi connectivity index (χ1) is 12.8. The Bertz CT molecular complexity index is 375. The van der Waals surface area contributed by atoms with Gasteiger partial charge in [-0.05, 0) is 36.0 Å². The van der Waals surface area contributed by atoms with Gasteiger partial charge in [0.1, 0.15) is 0 Å². The maximum Gasteiger partial charge on any atom is 0.314 e. The molecule has 0 radical (unpaired) electrons. The van der Waals surface area contributed by atoms with Gasteiger partial charge in [0.05, 0.1) is 6.10 Å². The first-order valence-electron chi connectivity index (χ1n) is 11.4. The summed E-state index contributed by atoms with van der Waals surface area (Å²) in [5.74, 6) is 2.26. The van der Waals surface area contributed by atoms with Crippen LogP contribution in [0.25, 0.3) is 0 Å². The van der Waals surface area contributed by atoms with Crippen molar-refractivity contribution in [2.24, 2.45) is 23.2 Å². The van der Waals surface area contributed by atoms with Crippen molar-refractivity contribution in [2.45, 2.75) is 99.0 Å². The van der Waals surface area contributed by atoms with Crippen LogP contribution in [0, 0.1) is 23.2 Å². The lowest BCUT2D eigenvalue weighted by atomic mass is 9.60. The number of ether oxygens (including phenoxy) is 1. The first-order valence-corrected chi connectivity index (χ1v) is 11.4. The number of urea groups is 1. The van der Waals surface area contributed by atoms with Crippen molar-refractivity contribution in [1.29, 1.82) is 0 Å². The Kier molecular flexibility index (Phi) is 11.4. The van der Waals surface area contributed by atoms with Crippen LogP contribution in [0.15, 0.2) is 0 Å². The Hall–Kier alpha value is -0.770. The second-order valence-corrected chi connectivity index (χ2v) is 9.39. The summed E-state index contributed by atoms with van der Waals surface area (Å²) in [6.45, 7) is 16.6. The monoisotopic (exact) mass is 382 g/mol. The van der Waals surface area contributed by atoms with Crippen LogP contribution in [0.2, 0.25) is 0 Å². The molecule has 27 heavy (non-hydrogen) atoms. The van der Waals surface area contributed by atoms with Crippen molar-refractivity contribution in [1.82, 2.24) is 10.6 Å². The van der Waals surface area contributed by atoms with E-state index in [1.165, 1.54) is 44.9 Å². The van der Waals surface area contributed by atoms with Crippen molar-refractivity contribution < 1.29 is 9.53 Å². The van der Waals surface area contributed by atoms with E-state index in [4.69, 9.17) is 4.74 Å². The minimum absolute atomic E-state index is 0.0812. The number of carbonyl (C=O) groups is 1. The number of unbranched alkanes of at least 4 members (excludes halogenated alkanes) is 6. The minimum Gasteiger partial charge on any atom is -0.375 e. The van der Waals surface area contributed by atoms with E-state index >= 15 is 0 Å². The van der Waals surface area contributed by atoms with Gasteiger partial charge in [0.15, 0.2) is 0 Å². The molecular weight excluding hydrogens is 336 g/mol. The summed E-state index contributed by atoms with van der Waals surface area (Å²) < 4.78 is 5.80. The third-order valence-electron chi connectivity index (χ3n) is 6.81. The van der Waals surface area contributed by atoms with E-state index in [0.717, 1.165) is 30.8 Å². The van der Waals surface area contributed by atoms with Gasteiger partial charge in [0.25, 0.3) is 0 Å². The predicted molar refractivity (Wildman–Crippen MR) is 115 cm³/mol. The molecule has 0 aromatic rings. The zero-order chi connectivity index (χ0) is 20.3. The van der Waals surface area contributed by atoms with Crippen LogP contribution >= 0.6 is 0 Å². The number of hydrogen-bond acceptors (Lipinski definition) is 2. The van der Waals surface area contributed by atoms with Crippen molar-refractivity contribution >= 4 is 6.03 Å². The fourth-order valence-corrected chi connectivity index (χ4v) is 5.20. The summed E-state index contributed by atoms with van der Waals surface area (Å²) in [6.07, 6.45) is 10.7. The predicted octanol–water partition coefficient (Wildman–Crippen LogP) is 5.76. The number of carbonyl (C=O) groups excluding carboxylic acids is 1. The Labute approximate surface area is 168 Å². The molecule has 0 aromatic heterocycles. The van der Waals surface area contributed by atoms with Crippen LogP contribution < -0.4 is 10.6 Å². The van der Waals surface area contributed by atoms with Crippen LogP contribution in [0.4, 0.5) is 4.79 Å². The molecular formula is C23H46N2O2. The molecule has 4 heteroatoms. The standard InChI is InChI=1S/C23H46N2O2/c1-18(2)23(19(3)4,20(5)6)14-12-10-8-7-9-11-13-15-27-21-16-24-22(26)25-17-21/h18-21H,7-17H2,1-6H3,(H2,24,25,26). The lowest BCUT2D eigenvalue weighted by Gasteiger charge is -2.45. The molecule has 0 unspecified atom stereocenters. The molecule has 4 nitrogen and oxygen atoms in total. The SMILES string of the molecule is CC(C)C(CCCCCCCCCOC1CNC(=O)NC1)(C(C)C)C(C)C. The highest BCUT2D eigenvalue weighted by molar-refractivity contribution is 5.74. The van der Waals surface area contributed by atoms with E-state index in [0.29, 0.717) is 18.5 Å². The summed E-state index contributed by atoms with van der Waals surface area (Å²) in [6, 6.07) is -0.0812. The largest absolute Gasteiger partial charge is 0.375 e. The normalized spacial score (nSPS) is 16.3. The summed E-state index contributed by atoms with van der Waals surface area (Å²) in [5, 5.41) is 5.54. The summed E-state index contributed by atoms with van der Waals surface area (Å²) in [4.78, 5) is 11.0. The van der Waals surface area contributed by atoms with Crippen molar-refractivity contribution in [2.75, 3.05) is 19.7 Å². The highest BCUT2D eigenvalue weighted by Crippen LogP contribution is 2.47. The number of nitrogens with one attached hydrogen (secondary N) is 2. The van der Waals surface area contributed by atoms with Gasteiger partial charge in [-0.3, -0.25) is 0 Å². The van der Waals surface area contributed by atoms with E-state index in [9.17, 15) is 4.79 Å². The molecule has 1 aliphatic rings. The van der Waals surface area contributed by atoms with E-state index in [1.54, 1.807) is 0 Å². The van der Waals surface area contributed by atoms with Gasteiger partial charge in [0.2, 0.25) is 0 Å². The number of amides is 2. The summed E-state index contributed by atoms with van der Waals surface area (Å²) >= 11 is 0. The molecule has 0 spiro atoms. The van der Waals surface area contributed by atoms with Crippen molar-refractivity contribution in [3.8, 4) is 0 Å². The van der Waals surface area contributed by atoms with Gasteiger partial charge < -0.3 is 15.4 Å². The first kappa shape index (κ1) is 24.3. The van der Waals surface area contributed by atoms with Gasteiger partial charge in [0, 0.05) is 19.7 Å². The number of hydrogen-bond donors (Lipinski definition) is 2. The Morgan fingerprint density at radius 3 is 1.74 bits per heavy atom. The van der Waals surface area contributed by atoms with Gasteiger partial charge in [-0.1, -0.05) is 80.1 Å². The van der Waals surface area contributed by atoms with Gasteiger partial charge in [-0.15, -0.1) is 0 Å². The molecule has 0 bridgehead atoms. The fourth-order valence-electron chi connectivity index (χ4n) is 5.20. The lowest BCUT2D eigenvalue weighted by Crippen LogP contribution is -2.51. The van der Waals surface area contributed by atoms with Gasteiger partial charge in [-0.25, -0.2) is 4.79 Å². The minimum atomic E-state index is -0.0812. The molecule has 0 aromatic carbocycles. The zero-order valence-electron chi connectivity index (χ0n) is 18.9. The highest BCUT2D eigenvalue weighted by atomic mass is 16.5. The average Bonchev–Trinajstić information content (AvgIpc) is 2.60. The maximum absolute atomic E-state index is 11.0. The molecule has 2 amide bonds. The molecule has 0 saturated carbocycles. The van der Waals surface area contributed by atoms with E-state index in [2.05, 4.69) is 52.2 Å². The molecule has 0 aliphatic carbocycles. The third-order valence-corrected chi connectivity index (χ3v) is 6.81. The smallest absolute Gasteiger partial charge is 0.314 e. The zero-order valence-corrected chi connectivity index (χ0v) is 18.9. The Morgan fingerprint density at radius 2 is 1.26 bits per heavy atom. The Balaban J connectivity index is 2.04. The second kappa shape index (κ2) is 12.6. The van der Waals surface area contributed by atoms with Crippen LogP contribution in [-0.4, -0.2) is 31.8 Å². The van der Waals surface area contributed by atoms with Crippen molar-refractivity contribution in [3.63, 3.8) is 0 Å². The molecule has 1 rings (SSSR count). The van der Waals surface area contributed by atoms with Crippen LogP contribution in [-0.2, 0) is 4.74 Å². The van der Waals surface area contributed by atoms with Crippen LogP contribution in [0.1, 0.15) is 92.9 Å². The van der Waals surface area contributed by atoms with E-state index < -0.39 is 0 Å². The molecule has 0 atom stereocenters. The van der Waals surface area contributed by atoms with Crippen LogP contribution in [0.5, 0.6) is 0 Å². The summed E-state index contributed by atoms with van der Waals surface area (Å²) in [7, 11) is 0. The topological polar surface area (TPSA) is 50.4 Å². The fraction of sp³-hybridized carbons (Fsp3) is 0.957. The lowest BCUT2D eigenvalue weighted by molar-refractivity contribution is 0.0355. The van der Waals surface area contributed by atoms with Crippen molar-refractivity contribution in [3.05, 3.63) is 0 Å². The molecule has 1 aliphatic heterocycles. The average molecular weight is 383 g/mol. The summed E-state index contributed by atoms with van der Waals surface area (Å²) in [5.41, 5.74) is 0.491. The number of rotatable bonds is 14. The van der Waals surface area contributed by atoms with Crippen LogP contribution in [0.3, 0.4) is 0 Å².